The van der Waals surface area contributed by atoms with Gasteiger partial charge in [-0.05, 0) is 29.8 Å². The van der Waals surface area contributed by atoms with Crippen molar-refractivity contribution in [1.29, 1.82) is 0 Å². The van der Waals surface area contributed by atoms with Crippen LogP contribution in [0.15, 0.2) is 29.3 Å². The highest BCUT2D eigenvalue weighted by atomic mass is 16.5. The van der Waals surface area contributed by atoms with E-state index in [1.165, 1.54) is 6.42 Å². The number of ether oxygens (including phenoxy) is 1. The Hall–Kier alpha value is -1.31. The van der Waals surface area contributed by atoms with E-state index in [2.05, 4.69) is 18.8 Å². The van der Waals surface area contributed by atoms with Gasteiger partial charge in [-0.1, -0.05) is 20.3 Å². The molecule has 0 bridgehead atoms. The van der Waals surface area contributed by atoms with Crippen molar-refractivity contribution in [3.63, 3.8) is 0 Å². The number of nitrogens with zero attached hydrogens (tertiary/aromatic N) is 1. The molecule has 1 aromatic carbocycles. The highest BCUT2D eigenvalue weighted by Gasteiger charge is 1.88. The van der Waals surface area contributed by atoms with Crippen LogP contribution in [0.25, 0.3) is 0 Å². The maximum absolute atomic E-state index is 5.00. The van der Waals surface area contributed by atoms with Gasteiger partial charge in [-0.15, -0.1) is 0 Å². The summed E-state index contributed by atoms with van der Waals surface area (Å²) in [6, 6.07) is 7.76. The maximum Gasteiger partial charge on any atom is 0.118 e. The first-order valence-electron chi connectivity index (χ1n) is 4.84. The zero-order valence-corrected chi connectivity index (χ0v) is 9.45. The number of benzene rings is 1. The topological polar surface area (TPSA) is 21.6 Å². The van der Waals surface area contributed by atoms with E-state index in [0.29, 0.717) is 0 Å². The second-order valence-corrected chi connectivity index (χ2v) is 2.87. The van der Waals surface area contributed by atoms with Crippen molar-refractivity contribution < 1.29 is 4.74 Å². The van der Waals surface area contributed by atoms with E-state index in [0.717, 1.165) is 11.3 Å². The maximum atomic E-state index is 5.00. The Morgan fingerprint density at radius 3 is 2.07 bits per heavy atom. The molecular formula is C12H19NO. The number of hydrogen-bond acceptors (Lipinski definition) is 2. The number of aliphatic imine (C=N–C) groups is 1. The standard InChI is InChI=1S/C9H11NO.C3H8/c1-10-7-8-3-5-9(11-2)6-4-8;1-3-2/h3-7H,1-2H3;3H2,1-2H3. The monoisotopic (exact) mass is 193 g/mol. The van der Waals surface area contributed by atoms with Crippen LogP contribution < -0.4 is 4.74 Å². The fourth-order valence-corrected chi connectivity index (χ4v) is 0.839. The van der Waals surface area contributed by atoms with Crippen LogP contribution >= 0.6 is 0 Å². The molecule has 0 atom stereocenters. The Labute approximate surface area is 86.6 Å². The fraction of sp³-hybridized carbons (Fsp3) is 0.417. The molecule has 0 unspecified atom stereocenters. The quantitative estimate of drug-likeness (QED) is 0.661. The van der Waals surface area contributed by atoms with Gasteiger partial charge >= 0.3 is 0 Å². The molecule has 1 rings (SSSR count). The largest absolute Gasteiger partial charge is 0.497 e. The predicted molar refractivity (Wildman–Crippen MR) is 62.5 cm³/mol. The molecule has 14 heavy (non-hydrogen) atoms. The van der Waals surface area contributed by atoms with Gasteiger partial charge in [0.15, 0.2) is 0 Å². The van der Waals surface area contributed by atoms with Gasteiger partial charge in [-0.2, -0.15) is 0 Å². The lowest BCUT2D eigenvalue weighted by atomic mass is 10.2. The Morgan fingerprint density at radius 1 is 1.21 bits per heavy atom. The van der Waals surface area contributed by atoms with Gasteiger partial charge in [0, 0.05) is 13.3 Å². The predicted octanol–water partition coefficient (Wildman–Crippen LogP) is 3.16. The summed E-state index contributed by atoms with van der Waals surface area (Å²) in [6.45, 7) is 4.25. The summed E-state index contributed by atoms with van der Waals surface area (Å²) in [4.78, 5) is 3.90. The minimum absolute atomic E-state index is 0.873. The molecule has 0 aromatic heterocycles. The Balaban J connectivity index is 0.000000500. The normalized spacial score (nSPS) is 9.43. The van der Waals surface area contributed by atoms with Crippen molar-refractivity contribution in [2.75, 3.05) is 14.2 Å². The number of rotatable bonds is 2. The molecule has 0 aliphatic rings. The molecule has 1 aromatic rings. The molecule has 0 saturated carbocycles. The summed E-state index contributed by atoms with van der Waals surface area (Å²) in [5, 5.41) is 0. The van der Waals surface area contributed by atoms with Gasteiger partial charge in [0.1, 0.15) is 5.75 Å². The van der Waals surface area contributed by atoms with E-state index in [1.807, 2.05) is 24.3 Å². The first kappa shape index (κ1) is 12.7. The van der Waals surface area contributed by atoms with E-state index >= 15 is 0 Å². The molecule has 2 heteroatoms. The molecule has 0 heterocycles. The van der Waals surface area contributed by atoms with E-state index in [1.54, 1.807) is 20.4 Å². The van der Waals surface area contributed by atoms with Gasteiger partial charge < -0.3 is 4.74 Å². The average Bonchev–Trinajstić information content (AvgIpc) is 2.21. The Kier molecular flexibility index (Phi) is 7.52. The van der Waals surface area contributed by atoms with Gasteiger partial charge in [-0.25, -0.2) is 0 Å². The van der Waals surface area contributed by atoms with Crippen LogP contribution in [0.5, 0.6) is 5.75 Å². The summed E-state index contributed by atoms with van der Waals surface area (Å²) in [5.74, 6) is 0.873. The van der Waals surface area contributed by atoms with Crippen molar-refractivity contribution in [2.24, 2.45) is 4.99 Å². The summed E-state index contributed by atoms with van der Waals surface area (Å²) in [7, 11) is 3.41. The van der Waals surface area contributed by atoms with Crippen molar-refractivity contribution in [1.82, 2.24) is 0 Å². The third kappa shape index (κ3) is 5.36. The van der Waals surface area contributed by atoms with E-state index in [-0.39, 0.29) is 0 Å². The van der Waals surface area contributed by atoms with Gasteiger partial charge in [0.05, 0.1) is 7.11 Å². The molecule has 0 amide bonds. The highest BCUT2D eigenvalue weighted by molar-refractivity contribution is 5.79. The number of methoxy groups -OCH3 is 1. The fourth-order valence-electron chi connectivity index (χ4n) is 0.839. The Morgan fingerprint density at radius 2 is 1.71 bits per heavy atom. The molecule has 0 radical (unpaired) electrons. The smallest absolute Gasteiger partial charge is 0.118 e. The van der Waals surface area contributed by atoms with Crippen molar-refractivity contribution in [2.45, 2.75) is 20.3 Å². The average molecular weight is 193 g/mol. The molecule has 2 nitrogen and oxygen atoms in total. The molecule has 0 aliphatic heterocycles. The summed E-state index contributed by atoms with van der Waals surface area (Å²) in [5.41, 5.74) is 1.09. The lowest BCUT2D eigenvalue weighted by Crippen LogP contribution is -1.83. The molecule has 0 saturated heterocycles. The van der Waals surface area contributed by atoms with E-state index in [4.69, 9.17) is 4.74 Å². The zero-order valence-electron chi connectivity index (χ0n) is 9.45. The van der Waals surface area contributed by atoms with Gasteiger partial charge in [0.25, 0.3) is 0 Å². The van der Waals surface area contributed by atoms with Gasteiger partial charge in [-0.3, -0.25) is 4.99 Å². The second kappa shape index (κ2) is 8.30. The van der Waals surface area contributed by atoms with Crippen molar-refractivity contribution in [3.05, 3.63) is 29.8 Å². The van der Waals surface area contributed by atoms with E-state index in [9.17, 15) is 0 Å². The summed E-state index contributed by atoms with van der Waals surface area (Å²) >= 11 is 0. The summed E-state index contributed by atoms with van der Waals surface area (Å²) < 4.78 is 5.00. The van der Waals surface area contributed by atoms with Crippen molar-refractivity contribution >= 4 is 6.21 Å². The van der Waals surface area contributed by atoms with Crippen LogP contribution in [0.1, 0.15) is 25.8 Å². The first-order chi connectivity index (χ1) is 6.78. The molecule has 0 fully saturated rings. The minimum atomic E-state index is 0.873. The highest BCUT2D eigenvalue weighted by Crippen LogP contribution is 2.09. The van der Waals surface area contributed by atoms with Crippen LogP contribution in [0, 0.1) is 0 Å². The molecule has 0 N–H and O–H groups in total. The Bertz CT molecular complexity index is 252. The molecular weight excluding hydrogens is 174 g/mol. The van der Waals surface area contributed by atoms with Crippen molar-refractivity contribution in [3.8, 4) is 5.75 Å². The third-order valence-electron chi connectivity index (χ3n) is 1.39. The lowest BCUT2D eigenvalue weighted by Gasteiger charge is -1.97. The van der Waals surface area contributed by atoms with Gasteiger partial charge in [0.2, 0.25) is 0 Å². The first-order valence-corrected chi connectivity index (χ1v) is 4.84. The SMILES string of the molecule is CCC.CN=Cc1ccc(OC)cc1. The summed E-state index contributed by atoms with van der Waals surface area (Å²) in [6.07, 6.45) is 3.06. The van der Waals surface area contributed by atoms with E-state index < -0.39 is 0 Å². The number of hydrogen-bond donors (Lipinski definition) is 0. The second-order valence-electron chi connectivity index (χ2n) is 2.87. The minimum Gasteiger partial charge on any atom is -0.497 e. The van der Waals surface area contributed by atoms with Crippen LogP contribution in [-0.4, -0.2) is 20.4 Å². The molecule has 0 aliphatic carbocycles. The van der Waals surface area contributed by atoms with Crippen LogP contribution in [0.3, 0.4) is 0 Å². The van der Waals surface area contributed by atoms with Crippen LogP contribution in [-0.2, 0) is 0 Å². The zero-order chi connectivity index (χ0) is 10.8. The third-order valence-corrected chi connectivity index (χ3v) is 1.39. The molecule has 0 spiro atoms. The van der Waals surface area contributed by atoms with Crippen LogP contribution in [0.2, 0.25) is 0 Å². The van der Waals surface area contributed by atoms with Crippen LogP contribution in [0.4, 0.5) is 0 Å². The molecule has 78 valence electrons. The lowest BCUT2D eigenvalue weighted by molar-refractivity contribution is 0.415.